The molecule has 98 valence electrons. The van der Waals surface area contributed by atoms with E-state index in [0.717, 1.165) is 11.1 Å². The summed E-state index contributed by atoms with van der Waals surface area (Å²) < 4.78 is 4.76. The summed E-state index contributed by atoms with van der Waals surface area (Å²) in [4.78, 5) is 11.5. The Balaban J connectivity index is 2.43. The lowest BCUT2D eigenvalue weighted by atomic mass is 10.1. The van der Waals surface area contributed by atoms with Crippen LogP contribution in [0.15, 0.2) is 30.3 Å². The number of aryl methyl sites for hydroxylation is 1. The van der Waals surface area contributed by atoms with Crippen LogP contribution in [0, 0.1) is 6.92 Å². The molecule has 4 heteroatoms. The van der Waals surface area contributed by atoms with Crippen molar-refractivity contribution in [1.82, 2.24) is 5.32 Å². The van der Waals surface area contributed by atoms with Crippen LogP contribution in [0.3, 0.4) is 0 Å². The van der Waals surface area contributed by atoms with E-state index in [1.807, 2.05) is 31.2 Å². The van der Waals surface area contributed by atoms with E-state index in [1.165, 1.54) is 13.2 Å². The molecule has 0 heterocycles. The second kappa shape index (κ2) is 7.63. The van der Waals surface area contributed by atoms with Gasteiger partial charge in [0, 0.05) is 19.7 Å². The highest BCUT2D eigenvalue weighted by atomic mass is 16.5. The molecule has 4 nitrogen and oxygen atoms in total. The van der Waals surface area contributed by atoms with E-state index in [2.05, 4.69) is 5.32 Å². The predicted molar refractivity (Wildman–Crippen MR) is 71.1 cm³/mol. The Morgan fingerprint density at radius 1 is 1.50 bits per heavy atom. The number of hydrogen-bond donors (Lipinski definition) is 2. The average Bonchev–Trinajstić information content (AvgIpc) is 2.36. The normalized spacial score (nSPS) is 12.6. The molecule has 0 saturated heterocycles. The van der Waals surface area contributed by atoms with Crippen LogP contribution in [-0.4, -0.2) is 37.4 Å². The predicted octanol–water partition coefficient (Wildman–Crippen LogP) is 1.13. The maximum Gasteiger partial charge on any atom is 0.244 e. The van der Waals surface area contributed by atoms with Crippen LogP contribution < -0.4 is 5.32 Å². The maximum absolute atomic E-state index is 11.5. The molecule has 0 bridgehead atoms. The van der Waals surface area contributed by atoms with Crippen molar-refractivity contribution in [3.63, 3.8) is 0 Å². The molecular formula is C14H19NO3. The second-order valence-electron chi connectivity index (χ2n) is 4.04. The number of ether oxygens (including phenoxy) is 1. The highest BCUT2D eigenvalue weighted by molar-refractivity contribution is 5.91. The highest BCUT2D eigenvalue weighted by Gasteiger charge is 2.04. The molecule has 1 rings (SSSR count). The lowest BCUT2D eigenvalue weighted by molar-refractivity contribution is -0.117. The van der Waals surface area contributed by atoms with Gasteiger partial charge in [0.1, 0.15) is 0 Å². The van der Waals surface area contributed by atoms with Crippen LogP contribution in [0.1, 0.15) is 11.1 Å². The van der Waals surface area contributed by atoms with Crippen molar-refractivity contribution in [3.05, 3.63) is 41.5 Å². The van der Waals surface area contributed by atoms with Gasteiger partial charge in [0.2, 0.25) is 5.91 Å². The van der Waals surface area contributed by atoms with Gasteiger partial charge in [-0.3, -0.25) is 4.79 Å². The van der Waals surface area contributed by atoms with E-state index in [4.69, 9.17) is 4.74 Å². The zero-order chi connectivity index (χ0) is 13.4. The monoisotopic (exact) mass is 249 g/mol. The summed E-state index contributed by atoms with van der Waals surface area (Å²) in [5, 5.41) is 12.0. The minimum Gasteiger partial charge on any atom is -0.389 e. The number of benzene rings is 1. The summed E-state index contributed by atoms with van der Waals surface area (Å²) in [6.07, 6.45) is 2.54. The maximum atomic E-state index is 11.5. The summed E-state index contributed by atoms with van der Waals surface area (Å²) in [6.45, 7) is 2.38. The molecule has 18 heavy (non-hydrogen) atoms. The molecular weight excluding hydrogens is 230 g/mol. The third-order valence-corrected chi connectivity index (χ3v) is 2.47. The Labute approximate surface area is 107 Å². The van der Waals surface area contributed by atoms with Crippen LogP contribution >= 0.6 is 0 Å². The first-order valence-corrected chi connectivity index (χ1v) is 5.82. The molecule has 0 fully saturated rings. The number of nitrogens with one attached hydrogen (secondary N) is 1. The van der Waals surface area contributed by atoms with Gasteiger partial charge in [-0.2, -0.15) is 0 Å². The van der Waals surface area contributed by atoms with Crippen LogP contribution in [-0.2, 0) is 9.53 Å². The molecule has 0 spiro atoms. The topological polar surface area (TPSA) is 58.6 Å². The molecule has 1 amide bonds. The first-order chi connectivity index (χ1) is 8.63. The van der Waals surface area contributed by atoms with E-state index in [0.29, 0.717) is 0 Å². The van der Waals surface area contributed by atoms with Crippen molar-refractivity contribution in [2.45, 2.75) is 13.0 Å². The first kappa shape index (κ1) is 14.4. The number of hydrogen-bond acceptors (Lipinski definition) is 3. The third-order valence-electron chi connectivity index (χ3n) is 2.47. The SMILES string of the molecule is COCC(O)CNC(=O)C=Cc1ccccc1C. The van der Waals surface area contributed by atoms with Gasteiger partial charge in [-0.05, 0) is 24.1 Å². The van der Waals surface area contributed by atoms with Crippen molar-refractivity contribution in [3.8, 4) is 0 Å². The van der Waals surface area contributed by atoms with Gasteiger partial charge in [0.05, 0.1) is 12.7 Å². The standard InChI is InChI=1S/C14H19NO3/c1-11-5-3-4-6-12(11)7-8-14(17)15-9-13(16)10-18-2/h3-8,13,16H,9-10H2,1-2H3,(H,15,17). The third kappa shape index (κ3) is 5.12. The molecule has 0 saturated carbocycles. The van der Waals surface area contributed by atoms with Crippen molar-refractivity contribution in [1.29, 1.82) is 0 Å². The average molecular weight is 249 g/mol. The molecule has 0 aromatic heterocycles. The fourth-order valence-corrected chi connectivity index (χ4v) is 1.47. The van der Waals surface area contributed by atoms with Crippen molar-refractivity contribution in [2.75, 3.05) is 20.3 Å². The molecule has 1 unspecified atom stereocenters. The molecule has 0 aliphatic heterocycles. The number of rotatable bonds is 6. The molecule has 0 radical (unpaired) electrons. The highest BCUT2D eigenvalue weighted by Crippen LogP contribution is 2.08. The molecule has 1 aromatic carbocycles. The lowest BCUT2D eigenvalue weighted by Gasteiger charge is -2.09. The molecule has 1 atom stereocenters. The smallest absolute Gasteiger partial charge is 0.244 e. The Bertz CT molecular complexity index is 415. The van der Waals surface area contributed by atoms with E-state index < -0.39 is 6.10 Å². The number of aliphatic hydroxyl groups excluding tert-OH is 1. The summed E-state index contributed by atoms with van der Waals surface area (Å²) in [7, 11) is 1.50. The fourth-order valence-electron chi connectivity index (χ4n) is 1.47. The van der Waals surface area contributed by atoms with E-state index in [9.17, 15) is 9.90 Å². The van der Waals surface area contributed by atoms with Crippen molar-refractivity contribution < 1.29 is 14.6 Å². The summed E-state index contributed by atoms with van der Waals surface area (Å²) in [6, 6.07) is 7.81. The summed E-state index contributed by atoms with van der Waals surface area (Å²) in [5.74, 6) is -0.228. The van der Waals surface area contributed by atoms with Gasteiger partial charge in [-0.25, -0.2) is 0 Å². The van der Waals surface area contributed by atoms with Gasteiger partial charge < -0.3 is 15.2 Å². The van der Waals surface area contributed by atoms with Crippen molar-refractivity contribution >= 4 is 12.0 Å². The van der Waals surface area contributed by atoms with Gasteiger partial charge in [-0.15, -0.1) is 0 Å². The van der Waals surface area contributed by atoms with Crippen LogP contribution in [0.4, 0.5) is 0 Å². The largest absolute Gasteiger partial charge is 0.389 e. The number of aliphatic hydroxyl groups is 1. The van der Waals surface area contributed by atoms with E-state index in [-0.39, 0.29) is 19.1 Å². The van der Waals surface area contributed by atoms with Crippen LogP contribution in [0.5, 0.6) is 0 Å². The molecule has 0 aliphatic carbocycles. The molecule has 1 aromatic rings. The first-order valence-electron chi connectivity index (χ1n) is 5.82. The van der Waals surface area contributed by atoms with Crippen LogP contribution in [0.25, 0.3) is 6.08 Å². The zero-order valence-electron chi connectivity index (χ0n) is 10.7. The minimum atomic E-state index is -0.675. The van der Waals surface area contributed by atoms with Gasteiger partial charge in [0.15, 0.2) is 0 Å². The fraction of sp³-hybridized carbons (Fsp3) is 0.357. The number of methoxy groups -OCH3 is 1. The Morgan fingerprint density at radius 2 is 2.22 bits per heavy atom. The quantitative estimate of drug-likeness (QED) is 0.743. The Kier molecular flexibility index (Phi) is 6.11. The molecule has 2 N–H and O–H groups in total. The summed E-state index contributed by atoms with van der Waals surface area (Å²) >= 11 is 0. The van der Waals surface area contributed by atoms with E-state index in [1.54, 1.807) is 6.08 Å². The second-order valence-corrected chi connectivity index (χ2v) is 4.04. The zero-order valence-corrected chi connectivity index (χ0v) is 10.7. The van der Waals surface area contributed by atoms with Gasteiger partial charge in [-0.1, -0.05) is 24.3 Å². The van der Waals surface area contributed by atoms with E-state index >= 15 is 0 Å². The molecule has 0 aliphatic rings. The Morgan fingerprint density at radius 3 is 2.89 bits per heavy atom. The number of carbonyl (C=O) groups excluding carboxylic acids is 1. The number of amides is 1. The Hall–Kier alpha value is -1.65. The summed E-state index contributed by atoms with van der Waals surface area (Å²) in [5.41, 5.74) is 2.12. The number of carbonyl (C=O) groups is 1. The lowest BCUT2D eigenvalue weighted by Crippen LogP contribution is -2.33. The van der Waals surface area contributed by atoms with Gasteiger partial charge >= 0.3 is 0 Å². The minimum absolute atomic E-state index is 0.185. The van der Waals surface area contributed by atoms with Gasteiger partial charge in [0.25, 0.3) is 0 Å². The van der Waals surface area contributed by atoms with Crippen LogP contribution in [0.2, 0.25) is 0 Å². The van der Waals surface area contributed by atoms with Crippen molar-refractivity contribution in [2.24, 2.45) is 0 Å².